The minimum absolute atomic E-state index is 0.00135. The topological polar surface area (TPSA) is 72.2 Å². The summed E-state index contributed by atoms with van der Waals surface area (Å²) < 4.78 is 0. The number of nitro benzene ring substituents is 1. The Hall–Kier alpha value is -3.35. The van der Waals surface area contributed by atoms with E-state index in [-0.39, 0.29) is 44.9 Å². The first-order valence-corrected chi connectivity index (χ1v) is 13.7. The van der Waals surface area contributed by atoms with Crippen molar-refractivity contribution in [3.8, 4) is 0 Å². The summed E-state index contributed by atoms with van der Waals surface area (Å²) in [6.07, 6.45) is 0.792. The van der Waals surface area contributed by atoms with Crippen LogP contribution >= 0.6 is 23.4 Å². The molecule has 1 aliphatic carbocycles. The van der Waals surface area contributed by atoms with Gasteiger partial charge in [0.25, 0.3) is 5.69 Å². The molecule has 0 spiro atoms. The summed E-state index contributed by atoms with van der Waals surface area (Å²) in [4.78, 5) is 24.2. The van der Waals surface area contributed by atoms with E-state index in [1.165, 1.54) is 28.1 Å². The molecule has 1 saturated carbocycles. The summed E-state index contributed by atoms with van der Waals surface area (Å²) in [5, 5.41) is 17.6. The standard InChI is InChI=1S/C30H25ClN2O3S/c1-17(34)19-13-14-24-22(15-19)28-23(30(32-24)21-10-6-8-18-7-2-3-9-20(18)21)16-27(29(28)31)37-26-12-5-4-11-25(26)33(35)36/h2-15,23,27-30,32H,16H2,1H3/t23-,27+,28-,29+,30-/m0/s1. The first-order chi connectivity index (χ1) is 17.9. The number of Topliss-reactive ketones (excluding diaryl/α,β-unsaturated/α-hetero) is 1. The van der Waals surface area contributed by atoms with Gasteiger partial charge >= 0.3 is 0 Å². The van der Waals surface area contributed by atoms with Gasteiger partial charge < -0.3 is 5.32 Å². The number of ketones is 1. The maximum atomic E-state index is 12.2. The summed E-state index contributed by atoms with van der Waals surface area (Å²) >= 11 is 8.76. The third-order valence-corrected chi connectivity index (χ3v) is 9.83. The molecule has 6 rings (SSSR count). The molecule has 4 aromatic carbocycles. The normalized spacial score (nSPS) is 24.2. The molecule has 1 aliphatic heterocycles. The van der Waals surface area contributed by atoms with Gasteiger partial charge in [0.1, 0.15) is 0 Å². The van der Waals surface area contributed by atoms with E-state index in [0.29, 0.717) is 10.5 Å². The Morgan fingerprint density at radius 2 is 1.76 bits per heavy atom. The molecule has 186 valence electrons. The highest BCUT2D eigenvalue weighted by atomic mass is 35.5. The van der Waals surface area contributed by atoms with Crippen LogP contribution in [-0.4, -0.2) is 21.3 Å². The molecule has 2 aliphatic rings. The first-order valence-electron chi connectivity index (χ1n) is 12.4. The number of anilines is 1. The smallest absolute Gasteiger partial charge is 0.282 e. The van der Waals surface area contributed by atoms with Crippen molar-refractivity contribution in [3.05, 3.63) is 112 Å². The molecule has 0 radical (unpaired) electrons. The molecule has 1 fully saturated rings. The monoisotopic (exact) mass is 528 g/mol. The number of carbonyl (C=O) groups excluding carboxylic acids is 1. The van der Waals surface area contributed by atoms with E-state index >= 15 is 0 Å². The number of hydrogen-bond acceptors (Lipinski definition) is 5. The van der Waals surface area contributed by atoms with Crippen LogP contribution in [0.5, 0.6) is 0 Å². The highest BCUT2D eigenvalue weighted by Crippen LogP contribution is 2.58. The number of hydrogen-bond donors (Lipinski definition) is 1. The van der Waals surface area contributed by atoms with Gasteiger partial charge in [0.05, 0.1) is 21.2 Å². The molecule has 7 heteroatoms. The van der Waals surface area contributed by atoms with Crippen LogP contribution in [0.25, 0.3) is 10.8 Å². The Balaban J connectivity index is 1.46. The van der Waals surface area contributed by atoms with Crippen molar-refractivity contribution in [2.24, 2.45) is 5.92 Å². The number of carbonyl (C=O) groups is 1. The molecule has 0 amide bonds. The lowest BCUT2D eigenvalue weighted by atomic mass is 9.76. The maximum Gasteiger partial charge on any atom is 0.282 e. The van der Waals surface area contributed by atoms with E-state index in [1.54, 1.807) is 25.1 Å². The molecule has 5 nitrogen and oxygen atoms in total. The molecule has 0 unspecified atom stereocenters. The van der Waals surface area contributed by atoms with Gasteiger partial charge in [0, 0.05) is 28.5 Å². The number of fused-ring (bicyclic) bond motifs is 4. The lowest BCUT2D eigenvalue weighted by molar-refractivity contribution is -0.387. The predicted octanol–water partition coefficient (Wildman–Crippen LogP) is 7.99. The summed E-state index contributed by atoms with van der Waals surface area (Å²) in [6, 6.07) is 27.5. The molecule has 1 N–H and O–H groups in total. The largest absolute Gasteiger partial charge is 0.378 e. The summed E-state index contributed by atoms with van der Waals surface area (Å²) in [5.41, 5.74) is 4.04. The second-order valence-corrected chi connectivity index (χ2v) is 11.6. The Morgan fingerprint density at radius 3 is 2.57 bits per heavy atom. The number of para-hydroxylation sites is 1. The average Bonchev–Trinajstić information content (AvgIpc) is 3.23. The third-order valence-electron chi connectivity index (χ3n) is 7.72. The van der Waals surface area contributed by atoms with Crippen LogP contribution in [0, 0.1) is 16.0 Å². The quantitative estimate of drug-likeness (QED) is 0.123. The van der Waals surface area contributed by atoms with Gasteiger partial charge in [-0.3, -0.25) is 14.9 Å². The fraction of sp³-hybridized carbons (Fsp3) is 0.233. The summed E-state index contributed by atoms with van der Waals surface area (Å²) in [7, 11) is 0. The van der Waals surface area contributed by atoms with Crippen molar-refractivity contribution in [1.29, 1.82) is 0 Å². The van der Waals surface area contributed by atoms with Gasteiger partial charge in [-0.25, -0.2) is 0 Å². The summed E-state index contributed by atoms with van der Waals surface area (Å²) in [5.74, 6) is 0.176. The van der Waals surface area contributed by atoms with Crippen molar-refractivity contribution in [2.75, 3.05) is 5.32 Å². The lowest BCUT2D eigenvalue weighted by Crippen LogP contribution is -2.31. The number of benzene rings is 4. The number of nitrogens with zero attached hydrogens (tertiary/aromatic N) is 1. The summed E-state index contributed by atoms with van der Waals surface area (Å²) in [6.45, 7) is 1.58. The minimum Gasteiger partial charge on any atom is -0.378 e. The second kappa shape index (κ2) is 9.51. The molecule has 37 heavy (non-hydrogen) atoms. The fourth-order valence-corrected chi connectivity index (χ4v) is 7.98. The lowest BCUT2D eigenvalue weighted by Gasteiger charge is -2.39. The van der Waals surface area contributed by atoms with Crippen LogP contribution in [0.3, 0.4) is 0 Å². The van der Waals surface area contributed by atoms with Crippen LogP contribution in [-0.2, 0) is 0 Å². The number of halogens is 1. The number of alkyl halides is 1. The predicted molar refractivity (Wildman–Crippen MR) is 150 cm³/mol. The second-order valence-electron chi connectivity index (χ2n) is 9.80. The first kappa shape index (κ1) is 24.0. The minimum atomic E-state index is -0.331. The van der Waals surface area contributed by atoms with Gasteiger partial charge in [-0.2, -0.15) is 0 Å². The number of nitro groups is 1. The number of thioether (sulfide) groups is 1. The highest BCUT2D eigenvalue weighted by Gasteiger charge is 2.50. The van der Waals surface area contributed by atoms with Crippen LogP contribution in [0.15, 0.2) is 89.8 Å². The maximum absolute atomic E-state index is 12.2. The number of rotatable bonds is 5. The van der Waals surface area contributed by atoms with Crippen LogP contribution in [0.2, 0.25) is 0 Å². The molecule has 0 bridgehead atoms. The molecular formula is C30H25ClN2O3S. The van der Waals surface area contributed by atoms with E-state index in [1.807, 2.05) is 30.3 Å². The average molecular weight is 529 g/mol. The van der Waals surface area contributed by atoms with Crippen molar-refractivity contribution >= 4 is 51.3 Å². The molecular weight excluding hydrogens is 504 g/mol. The van der Waals surface area contributed by atoms with Crippen LogP contribution < -0.4 is 5.32 Å². The fourth-order valence-electron chi connectivity index (χ4n) is 6.04. The van der Waals surface area contributed by atoms with E-state index in [9.17, 15) is 14.9 Å². The van der Waals surface area contributed by atoms with Crippen molar-refractivity contribution in [2.45, 2.75) is 40.8 Å². The van der Waals surface area contributed by atoms with Gasteiger partial charge in [0.15, 0.2) is 5.78 Å². The molecule has 0 saturated heterocycles. The van der Waals surface area contributed by atoms with Crippen molar-refractivity contribution < 1.29 is 9.72 Å². The molecule has 4 aromatic rings. The van der Waals surface area contributed by atoms with E-state index in [2.05, 4.69) is 41.7 Å². The van der Waals surface area contributed by atoms with Crippen LogP contribution in [0.1, 0.15) is 46.8 Å². The highest BCUT2D eigenvalue weighted by molar-refractivity contribution is 8.00. The van der Waals surface area contributed by atoms with Gasteiger partial charge in [-0.15, -0.1) is 23.4 Å². The van der Waals surface area contributed by atoms with Gasteiger partial charge in [0.2, 0.25) is 0 Å². The molecule has 5 atom stereocenters. The Bertz CT molecular complexity index is 1540. The SMILES string of the molecule is CC(=O)c1ccc2c(c1)[C@@H]1[C@H](Cl)[C@H](Sc3ccccc3[N+](=O)[O-])C[C@@H]1[C@H](c1cccc3ccccc13)N2. The van der Waals surface area contributed by atoms with Gasteiger partial charge in [-0.1, -0.05) is 54.6 Å². The zero-order chi connectivity index (χ0) is 25.7. The number of nitrogens with one attached hydrogen (secondary N) is 1. The third kappa shape index (κ3) is 4.18. The molecule has 1 heterocycles. The van der Waals surface area contributed by atoms with E-state index < -0.39 is 0 Å². The van der Waals surface area contributed by atoms with Crippen molar-refractivity contribution in [1.82, 2.24) is 0 Å². The Morgan fingerprint density at radius 1 is 1.00 bits per heavy atom. The van der Waals surface area contributed by atoms with Gasteiger partial charge in [-0.05, 0) is 65.4 Å². The Kier molecular flexibility index (Phi) is 6.17. The molecule has 0 aromatic heterocycles. The Labute approximate surface area is 224 Å². The van der Waals surface area contributed by atoms with Crippen LogP contribution in [0.4, 0.5) is 11.4 Å². The van der Waals surface area contributed by atoms with E-state index in [4.69, 9.17) is 11.6 Å². The van der Waals surface area contributed by atoms with Crippen molar-refractivity contribution in [3.63, 3.8) is 0 Å². The van der Waals surface area contributed by atoms with E-state index in [0.717, 1.165) is 17.7 Å². The zero-order valence-electron chi connectivity index (χ0n) is 20.1. The zero-order valence-corrected chi connectivity index (χ0v) is 21.7.